The maximum Gasteiger partial charge on any atom is 0.343 e. The van der Waals surface area contributed by atoms with Crippen LogP contribution in [0, 0.1) is 0 Å². The number of amides is 1. The third kappa shape index (κ3) is 2.64. The Morgan fingerprint density at radius 3 is 2.85 bits per heavy atom. The van der Waals surface area contributed by atoms with Gasteiger partial charge in [-0.1, -0.05) is 11.6 Å². The van der Waals surface area contributed by atoms with Gasteiger partial charge in [-0.25, -0.2) is 4.79 Å². The summed E-state index contributed by atoms with van der Waals surface area (Å²) in [5.41, 5.74) is 0.265. The minimum atomic E-state index is -0.563. The molecule has 0 fully saturated rings. The number of H-pyrrole nitrogens is 1. The SMILES string of the molecule is CCOC(=O)c1cnn(C)c1NC(=O)c1[nH]ncc1Cl. The molecule has 2 rings (SSSR count). The molecule has 0 aliphatic rings. The van der Waals surface area contributed by atoms with Gasteiger partial charge in [-0.2, -0.15) is 10.2 Å². The molecule has 0 spiro atoms. The fourth-order valence-electron chi connectivity index (χ4n) is 1.54. The van der Waals surface area contributed by atoms with Gasteiger partial charge in [0, 0.05) is 7.05 Å². The van der Waals surface area contributed by atoms with E-state index in [0.29, 0.717) is 0 Å². The minimum Gasteiger partial charge on any atom is -0.462 e. The molecule has 2 aromatic rings. The van der Waals surface area contributed by atoms with E-state index in [1.165, 1.54) is 17.1 Å². The predicted molar refractivity (Wildman–Crippen MR) is 70.7 cm³/mol. The number of ether oxygens (including phenoxy) is 1. The Hall–Kier alpha value is -2.35. The van der Waals surface area contributed by atoms with Gasteiger partial charge in [0.1, 0.15) is 17.1 Å². The number of aromatic nitrogens is 4. The summed E-state index contributed by atoms with van der Waals surface area (Å²) in [6, 6.07) is 0. The van der Waals surface area contributed by atoms with Gasteiger partial charge < -0.3 is 10.1 Å². The molecule has 0 aliphatic heterocycles. The number of carbonyl (C=O) groups excluding carboxylic acids is 2. The molecule has 0 saturated heterocycles. The Kier molecular flexibility index (Phi) is 4.04. The molecule has 2 N–H and O–H groups in total. The smallest absolute Gasteiger partial charge is 0.343 e. The highest BCUT2D eigenvalue weighted by Crippen LogP contribution is 2.18. The number of hydrogen-bond donors (Lipinski definition) is 2. The highest BCUT2D eigenvalue weighted by Gasteiger charge is 2.21. The van der Waals surface area contributed by atoms with Crippen LogP contribution in [0.3, 0.4) is 0 Å². The Balaban J connectivity index is 2.25. The van der Waals surface area contributed by atoms with Crippen molar-refractivity contribution in [3.05, 3.63) is 28.7 Å². The van der Waals surface area contributed by atoms with E-state index in [0.717, 1.165) is 0 Å². The van der Waals surface area contributed by atoms with Crippen molar-refractivity contribution in [1.29, 1.82) is 0 Å². The first-order valence-electron chi connectivity index (χ1n) is 5.74. The van der Waals surface area contributed by atoms with Gasteiger partial charge in [0.2, 0.25) is 0 Å². The third-order valence-electron chi connectivity index (χ3n) is 2.49. The van der Waals surface area contributed by atoms with Crippen LogP contribution in [0.1, 0.15) is 27.8 Å². The summed E-state index contributed by atoms with van der Waals surface area (Å²) in [5, 5.41) is 12.8. The van der Waals surface area contributed by atoms with Crippen molar-refractivity contribution in [1.82, 2.24) is 20.0 Å². The largest absolute Gasteiger partial charge is 0.462 e. The lowest BCUT2D eigenvalue weighted by atomic mass is 10.3. The molecule has 0 aliphatic carbocycles. The van der Waals surface area contributed by atoms with Crippen LogP contribution in [0.2, 0.25) is 5.02 Å². The van der Waals surface area contributed by atoms with Crippen molar-refractivity contribution in [2.24, 2.45) is 7.05 Å². The average molecular weight is 298 g/mol. The number of esters is 1. The minimum absolute atomic E-state index is 0.0997. The number of hydrogen-bond acceptors (Lipinski definition) is 5. The summed E-state index contributed by atoms with van der Waals surface area (Å²) in [4.78, 5) is 23.8. The van der Waals surface area contributed by atoms with Crippen molar-refractivity contribution < 1.29 is 14.3 Å². The van der Waals surface area contributed by atoms with E-state index in [1.807, 2.05) is 0 Å². The summed E-state index contributed by atoms with van der Waals surface area (Å²) in [7, 11) is 1.59. The van der Waals surface area contributed by atoms with E-state index in [4.69, 9.17) is 16.3 Å². The van der Waals surface area contributed by atoms with E-state index in [-0.39, 0.29) is 28.7 Å². The lowest BCUT2D eigenvalue weighted by molar-refractivity contribution is 0.0527. The molecule has 8 nitrogen and oxygen atoms in total. The summed E-state index contributed by atoms with van der Waals surface area (Å²) in [6.45, 7) is 1.92. The number of rotatable bonds is 4. The van der Waals surface area contributed by atoms with E-state index >= 15 is 0 Å². The van der Waals surface area contributed by atoms with E-state index in [2.05, 4.69) is 20.6 Å². The van der Waals surface area contributed by atoms with Gasteiger partial charge in [0.25, 0.3) is 5.91 Å². The Morgan fingerprint density at radius 2 is 2.25 bits per heavy atom. The van der Waals surface area contributed by atoms with Gasteiger partial charge in [0.15, 0.2) is 0 Å². The Labute approximate surface area is 119 Å². The summed E-state index contributed by atoms with van der Waals surface area (Å²) in [6.07, 6.45) is 2.63. The van der Waals surface area contributed by atoms with Gasteiger partial charge in [-0.3, -0.25) is 14.6 Å². The zero-order valence-corrected chi connectivity index (χ0v) is 11.6. The highest BCUT2D eigenvalue weighted by molar-refractivity contribution is 6.34. The van der Waals surface area contributed by atoms with Crippen molar-refractivity contribution in [3.63, 3.8) is 0 Å². The first-order chi connectivity index (χ1) is 9.54. The molecule has 2 heterocycles. The van der Waals surface area contributed by atoms with E-state index < -0.39 is 11.9 Å². The number of nitrogens with zero attached hydrogens (tertiary/aromatic N) is 3. The quantitative estimate of drug-likeness (QED) is 0.826. The Morgan fingerprint density at radius 1 is 1.50 bits per heavy atom. The molecule has 2 aromatic heterocycles. The normalized spacial score (nSPS) is 10.3. The lowest BCUT2D eigenvalue weighted by Crippen LogP contribution is -2.18. The van der Waals surface area contributed by atoms with Gasteiger partial charge in [0.05, 0.1) is 24.0 Å². The van der Waals surface area contributed by atoms with Crippen LogP contribution in [0.15, 0.2) is 12.4 Å². The first kappa shape index (κ1) is 14.1. The summed E-state index contributed by atoms with van der Waals surface area (Å²) >= 11 is 5.80. The molecular weight excluding hydrogens is 286 g/mol. The van der Waals surface area contributed by atoms with Crippen LogP contribution in [-0.2, 0) is 11.8 Å². The summed E-state index contributed by atoms with van der Waals surface area (Å²) < 4.78 is 6.24. The molecule has 1 amide bonds. The molecule has 106 valence electrons. The molecule has 20 heavy (non-hydrogen) atoms. The zero-order valence-electron chi connectivity index (χ0n) is 10.8. The number of anilines is 1. The van der Waals surface area contributed by atoms with Crippen LogP contribution >= 0.6 is 11.6 Å². The van der Waals surface area contributed by atoms with Gasteiger partial charge in [-0.05, 0) is 6.92 Å². The van der Waals surface area contributed by atoms with Crippen LogP contribution < -0.4 is 5.32 Å². The second-order valence-corrected chi connectivity index (χ2v) is 4.21. The first-order valence-corrected chi connectivity index (χ1v) is 6.11. The van der Waals surface area contributed by atoms with Gasteiger partial charge >= 0.3 is 5.97 Å². The van der Waals surface area contributed by atoms with Crippen molar-refractivity contribution in [2.75, 3.05) is 11.9 Å². The number of aromatic amines is 1. The Bertz CT molecular complexity index is 648. The lowest BCUT2D eigenvalue weighted by Gasteiger charge is -2.07. The highest BCUT2D eigenvalue weighted by atomic mass is 35.5. The number of aryl methyl sites for hydroxylation is 1. The zero-order chi connectivity index (χ0) is 14.7. The molecule has 9 heteroatoms. The average Bonchev–Trinajstić information content (AvgIpc) is 2.97. The standard InChI is InChI=1S/C11H12ClN5O3/c1-3-20-11(19)6-4-14-17(2)9(6)15-10(18)8-7(12)5-13-16-8/h4-5H,3H2,1-2H3,(H,13,16)(H,15,18). The number of carbonyl (C=O) groups is 2. The fraction of sp³-hybridized carbons (Fsp3) is 0.273. The third-order valence-corrected chi connectivity index (χ3v) is 2.77. The number of halogens is 1. The fourth-order valence-corrected chi connectivity index (χ4v) is 1.72. The van der Waals surface area contributed by atoms with Crippen LogP contribution in [0.25, 0.3) is 0 Å². The maximum absolute atomic E-state index is 12.0. The molecule has 0 radical (unpaired) electrons. The predicted octanol–water partition coefficient (Wildman–Crippen LogP) is 1.23. The molecule has 0 unspecified atom stereocenters. The molecule has 0 saturated carbocycles. The second kappa shape index (κ2) is 5.74. The maximum atomic E-state index is 12.0. The summed E-state index contributed by atoms with van der Waals surface area (Å²) in [5.74, 6) is -0.868. The second-order valence-electron chi connectivity index (χ2n) is 3.80. The molecule has 0 bridgehead atoms. The monoisotopic (exact) mass is 297 g/mol. The topological polar surface area (TPSA) is 102 Å². The molecule has 0 aromatic carbocycles. The van der Waals surface area contributed by atoms with Gasteiger partial charge in [-0.15, -0.1) is 0 Å². The van der Waals surface area contributed by atoms with Crippen LogP contribution in [0.5, 0.6) is 0 Å². The van der Waals surface area contributed by atoms with Crippen molar-refractivity contribution in [3.8, 4) is 0 Å². The molecule has 0 atom stereocenters. The van der Waals surface area contributed by atoms with Crippen molar-refractivity contribution >= 4 is 29.3 Å². The number of nitrogens with one attached hydrogen (secondary N) is 2. The van der Waals surface area contributed by atoms with E-state index in [1.54, 1.807) is 14.0 Å². The van der Waals surface area contributed by atoms with E-state index in [9.17, 15) is 9.59 Å². The van der Waals surface area contributed by atoms with Crippen molar-refractivity contribution in [2.45, 2.75) is 6.92 Å². The molecular formula is C11H12ClN5O3. The van der Waals surface area contributed by atoms with Crippen LogP contribution in [0.4, 0.5) is 5.82 Å². The van der Waals surface area contributed by atoms with Crippen LogP contribution in [-0.4, -0.2) is 38.5 Å².